The zero-order valence-electron chi connectivity index (χ0n) is 9.43. The van der Waals surface area contributed by atoms with Crippen molar-refractivity contribution in [2.24, 2.45) is 0 Å². The fourth-order valence-electron chi connectivity index (χ4n) is 3.01. The van der Waals surface area contributed by atoms with Crippen LogP contribution in [-0.2, 0) is 0 Å². The monoisotopic (exact) mass is 198 g/mol. The molecule has 2 nitrogen and oxygen atoms in total. The second-order valence-corrected chi connectivity index (χ2v) is 5.15. The molecule has 2 saturated heterocycles. The summed E-state index contributed by atoms with van der Waals surface area (Å²) < 4.78 is 0. The van der Waals surface area contributed by atoms with Crippen molar-refractivity contribution in [1.29, 1.82) is 0 Å². The Morgan fingerprint density at radius 1 is 0.929 bits per heavy atom. The fraction of sp³-hybridized carbons (Fsp3) is 1.00. The molecule has 2 rings (SSSR count). The summed E-state index contributed by atoms with van der Waals surface area (Å²) in [4.78, 5) is 1.89. The fourth-order valence-corrected chi connectivity index (χ4v) is 3.01. The molecule has 0 unspecified atom stereocenters. The van der Waals surface area contributed by atoms with Crippen LogP contribution in [0, 0.1) is 0 Å². The molecule has 0 aliphatic carbocycles. The van der Waals surface area contributed by atoms with E-state index in [1.807, 2.05) is 4.90 Å². The van der Waals surface area contributed by atoms with Crippen molar-refractivity contribution in [3.05, 3.63) is 0 Å². The molecule has 2 fully saturated rings. The van der Waals surface area contributed by atoms with Gasteiger partial charge in [0.2, 0.25) is 0 Å². The summed E-state index contributed by atoms with van der Waals surface area (Å²) in [7, 11) is 0. The third kappa shape index (κ3) is 3.25. The van der Waals surface area contributed by atoms with Crippen LogP contribution in [0.4, 0.5) is 0 Å². The van der Waals surface area contributed by atoms with Crippen LogP contribution in [0.2, 0.25) is 0 Å². The van der Waals surface area contributed by atoms with E-state index in [1.165, 1.54) is 71.1 Å². The largest absolute Gasteiger partial charge is 0.339 e. The Balaban J connectivity index is 1.71. The Kier molecular flexibility index (Phi) is 4.26. The van der Waals surface area contributed by atoms with E-state index in [9.17, 15) is 0 Å². The zero-order chi connectivity index (χ0) is 9.64. The highest BCUT2D eigenvalue weighted by Gasteiger charge is 2.22. The van der Waals surface area contributed by atoms with Crippen LogP contribution in [0.1, 0.15) is 44.9 Å². The van der Waals surface area contributed by atoms with Crippen LogP contribution in [0.25, 0.3) is 0 Å². The number of quaternary nitrogens is 2. The number of rotatable bonds is 2. The van der Waals surface area contributed by atoms with E-state index in [1.54, 1.807) is 0 Å². The predicted octanol–water partition coefficient (Wildman–Crippen LogP) is -0.439. The Bertz CT molecular complexity index is 144. The summed E-state index contributed by atoms with van der Waals surface area (Å²) in [5.74, 6) is 0. The molecular formula is C12H26N2+2. The van der Waals surface area contributed by atoms with E-state index in [0.29, 0.717) is 0 Å². The minimum Gasteiger partial charge on any atom is -0.339 e. The van der Waals surface area contributed by atoms with Gasteiger partial charge in [0.1, 0.15) is 12.6 Å². The highest BCUT2D eigenvalue weighted by molar-refractivity contribution is 4.58. The van der Waals surface area contributed by atoms with Gasteiger partial charge in [-0.25, -0.2) is 0 Å². The van der Waals surface area contributed by atoms with E-state index in [4.69, 9.17) is 0 Å². The van der Waals surface area contributed by atoms with Gasteiger partial charge in [0.15, 0.2) is 0 Å². The van der Waals surface area contributed by atoms with Gasteiger partial charge in [-0.3, -0.25) is 0 Å². The van der Waals surface area contributed by atoms with Gasteiger partial charge >= 0.3 is 0 Å². The summed E-state index contributed by atoms with van der Waals surface area (Å²) >= 11 is 0. The van der Waals surface area contributed by atoms with Crippen LogP contribution in [0.5, 0.6) is 0 Å². The molecule has 0 radical (unpaired) electrons. The van der Waals surface area contributed by atoms with Crippen molar-refractivity contribution in [3.8, 4) is 0 Å². The van der Waals surface area contributed by atoms with Crippen LogP contribution in [0.15, 0.2) is 0 Å². The standard InChI is InChI=1S/C12H24N2/c1-3-7-12(13-8-4-1)11-14-9-5-2-6-10-14/h12-13H,1-11H2/p+2/t12-/m0/s1. The maximum Gasteiger partial charge on any atom is 0.135 e. The van der Waals surface area contributed by atoms with Crippen molar-refractivity contribution >= 4 is 0 Å². The van der Waals surface area contributed by atoms with E-state index in [2.05, 4.69) is 5.32 Å². The number of likely N-dealkylation sites (tertiary alicyclic amines) is 1. The van der Waals surface area contributed by atoms with E-state index >= 15 is 0 Å². The van der Waals surface area contributed by atoms with Gasteiger partial charge in [0.05, 0.1) is 19.6 Å². The zero-order valence-corrected chi connectivity index (χ0v) is 9.43. The maximum atomic E-state index is 2.62. The van der Waals surface area contributed by atoms with Crippen LogP contribution >= 0.6 is 0 Å². The van der Waals surface area contributed by atoms with Crippen molar-refractivity contribution in [2.45, 2.75) is 51.0 Å². The molecule has 0 aromatic carbocycles. The number of hydrogen-bond acceptors (Lipinski definition) is 0. The molecule has 2 heteroatoms. The lowest BCUT2D eigenvalue weighted by Crippen LogP contribution is -3.16. The van der Waals surface area contributed by atoms with E-state index in [-0.39, 0.29) is 0 Å². The molecule has 0 bridgehead atoms. The van der Waals surface area contributed by atoms with Crippen LogP contribution in [0.3, 0.4) is 0 Å². The average molecular weight is 198 g/mol. The highest BCUT2D eigenvalue weighted by atomic mass is 15.1. The summed E-state index contributed by atoms with van der Waals surface area (Å²) in [5.41, 5.74) is 0. The maximum absolute atomic E-state index is 2.62. The van der Waals surface area contributed by atoms with Crippen molar-refractivity contribution in [2.75, 3.05) is 26.2 Å². The Morgan fingerprint density at radius 2 is 1.71 bits per heavy atom. The molecule has 82 valence electrons. The highest BCUT2D eigenvalue weighted by Crippen LogP contribution is 2.03. The van der Waals surface area contributed by atoms with Gasteiger partial charge in [-0.15, -0.1) is 0 Å². The van der Waals surface area contributed by atoms with Crippen LogP contribution in [-0.4, -0.2) is 32.2 Å². The predicted molar refractivity (Wildman–Crippen MR) is 58.5 cm³/mol. The van der Waals surface area contributed by atoms with Gasteiger partial charge in [0.25, 0.3) is 0 Å². The topological polar surface area (TPSA) is 21.1 Å². The number of hydrogen-bond donors (Lipinski definition) is 2. The molecule has 2 heterocycles. The van der Waals surface area contributed by atoms with Crippen LogP contribution < -0.4 is 10.2 Å². The lowest BCUT2D eigenvalue weighted by molar-refractivity contribution is -0.923. The van der Waals surface area contributed by atoms with Gasteiger partial charge in [-0.2, -0.15) is 0 Å². The first-order chi connectivity index (χ1) is 6.95. The normalized spacial score (nSPS) is 31.3. The average Bonchev–Trinajstić information content (AvgIpc) is 2.48. The first-order valence-corrected chi connectivity index (χ1v) is 6.62. The second kappa shape index (κ2) is 5.72. The molecule has 0 aromatic rings. The Labute approximate surface area is 88.1 Å². The molecule has 2 aliphatic rings. The lowest BCUT2D eigenvalue weighted by atomic mass is 10.1. The van der Waals surface area contributed by atoms with Crippen molar-refractivity contribution in [1.82, 2.24) is 0 Å². The summed E-state index contributed by atoms with van der Waals surface area (Å²) in [6.07, 6.45) is 10.3. The number of nitrogens with one attached hydrogen (secondary N) is 1. The molecular weight excluding hydrogens is 172 g/mol. The lowest BCUT2D eigenvalue weighted by Gasteiger charge is -2.26. The number of piperidine rings is 1. The Hall–Kier alpha value is -0.0800. The third-order valence-corrected chi connectivity index (χ3v) is 3.89. The van der Waals surface area contributed by atoms with Crippen molar-refractivity contribution < 1.29 is 10.2 Å². The summed E-state index contributed by atoms with van der Waals surface area (Å²) in [6, 6.07) is 0.950. The Morgan fingerprint density at radius 3 is 2.57 bits per heavy atom. The molecule has 0 saturated carbocycles. The van der Waals surface area contributed by atoms with Crippen molar-refractivity contribution in [3.63, 3.8) is 0 Å². The molecule has 0 spiro atoms. The summed E-state index contributed by atoms with van der Waals surface area (Å²) in [6.45, 7) is 5.73. The quantitative estimate of drug-likeness (QED) is 0.600. The van der Waals surface area contributed by atoms with E-state index < -0.39 is 0 Å². The molecule has 3 N–H and O–H groups in total. The smallest absolute Gasteiger partial charge is 0.135 e. The van der Waals surface area contributed by atoms with Gasteiger partial charge < -0.3 is 10.2 Å². The van der Waals surface area contributed by atoms with Gasteiger partial charge in [0, 0.05) is 6.42 Å². The minimum atomic E-state index is 0.950. The molecule has 1 atom stereocenters. The second-order valence-electron chi connectivity index (χ2n) is 5.15. The third-order valence-electron chi connectivity index (χ3n) is 3.89. The minimum absolute atomic E-state index is 0.950. The first kappa shape index (κ1) is 10.4. The molecule has 0 amide bonds. The number of nitrogens with two attached hydrogens (primary N) is 1. The first-order valence-electron chi connectivity index (χ1n) is 6.62. The summed E-state index contributed by atoms with van der Waals surface area (Å²) in [5, 5.41) is 2.62. The van der Waals surface area contributed by atoms with Gasteiger partial charge in [-0.05, 0) is 38.5 Å². The van der Waals surface area contributed by atoms with Gasteiger partial charge in [-0.1, -0.05) is 0 Å². The SMILES string of the molecule is C1CC[NH2+][C@H](C[NH+]2CCCCC2)CC1. The molecule has 0 aromatic heterocycles. The van der Waals surface area contributed by atoms with E-state index in [0.717, 1.165) is 6.04 Å². The molecule has 14 heavy (non-hydrogen) atoms. The molecule has 2 aliphatic heterocycles.